The minimum absolute atomic E-state index is 0.274. The molecule has 0 saturated heterocycles. The van der Waals surface area contributed by atoms with Gasteiger partial charge in [-0.25, -0.2) is 9.97 Å². The summed E-state index contributed by atoms with van der Waals surface area (Å²) in [7, 11) is 0. The molecule has 0 spiro atoms. The van der Waals surface area contributed by atoms with Gasteiger partial charge in [-0.2, -0.15) is 0 Å². The van der Waals surface area contributed by atoms with Gasteiger partial charge in [0.1, 0.15) is 0 Å². The largest absolute Gasteiger partial charge is 0.309 e. The van der Waals surface area contributed by atoms with Gasteiger partial charge in [-0.15, -0.1) is 0 Å². The van der Waals surface area contributed by atoms with Gasteiger partial charge in [0.25, 0.3) is 0 Å². The van der Waals surface area contributed by atoms with Crippen LogP contribution in [0, 0.1) is 0 Å². The van der Waals surface area contributed by atoms with Crippen molar-refractivity contribution < 1.29 is 0 Å². The van der Waals surface area contributed by atoms with Crippen LogP contribution in [0.3, 0.4) is 0 Å². The number of fused-ring (bicyclic) bond motifs is 13. The van der Waals surface area contributed by atoms with E-state index in [9.17, 15) is 0 Å². The Bertz CT molecular complexity index is 3420. The van der Waals surface area contributed by atoms with Crippen LogP contribution in [0.15, 0.2) is 182 Å². The van der Waals surface area contributed by atoms with Crippen LogP contribution in [0.4, 0.5) is 0 Å². The molecule has 12 rings (SSSR count). The first-order valence-electron chi connectivity index (χ1n) is 19.7. The van der Waals surface area contributed by atoms with Crippen molar-refractivity contribution in [3.05, 3.63) is 193 Å². The van der Waals surface area contributed by atoms with Crippen LogP contribution < -0.4 is 0 Å². The summed E-state index contributed by atoms with van der Waals surface area (Å²) >= 11 is 0. The molecule has 0 N–H and O–H groups in total. The molecule has 1 aliphatic carbocycles. The minimum Gasteiger partial charge on any atom is -0.309 e. The van der Waals surface area contributed by atoms with E-state index in [0.29, 0.717) is 5.82 Å². The molecule has 3 aromatic heterocycles. The fourth-order valence-corrected chi connectivity index (χ4v) is 9.87. The third-order valence-corrected chi connectivity index (χ3v) is 12.2. The quantitative estimate of drug-likeness (QED) is 0.181. The van der Waals surface area contributed by atoms with Gasteiger partial charge in [-0.3, -0.25) is 0 Å². The summed E-state index contributed by atoms with van der Waals surface area (Å²) in [5.74, 6) is 0.708. The van der Waals surface area contributed by atoms with Gasteiger partial charge < -0.3 is 9.13 Å². The maximum atomic E-state index is 5.28. The van der Waals surface area contributed by atoms with Crippen LogP contribution in [0.2, 0.25) is 0 Å². The third kappa shape index (κ3) is 4.44. The zero-order valence-electron chi connectivity index (χ0n) is 31.6. The molecular formula is C53H36N4. The average Bonchev–Trinajstić information content (AvgIpc) is 3.87. The van der Waals surface area contributed by atoms with Gasteiger partial charge in [-0.1, -0.05) is 153 Å². The van der Waals surface area contributed by atoms with Crippen molar-refractivity contribution in [3.8, 4) is 45.1 Å². The number of hydrogen-bond acceptors (Lipinski definition) is 2. The number of para-hydroxylation sites is 4. The monoisotopic (exact) mass is 728 g/mol. The Morgan fingerprint density at radius 3 is 1.81 bits per heavy atom. The zero-order chi connectivity index (χ0) is 37.8. The molecule has 0 fully saturated rings. The second-order valence-corrected chi connectivity index (χ2v) is 15.7. The lowest BCUT2D eigenvalue weighted by Gasteiger charge is -2.24. The molecule has 0 atom stereocenters. The molecule has 0 bridgehead atoms. The SMILES string of the molecule is CC1(C)c2ccccc2-c2c1c1c(c3ccccc3n1-c1cccc(-c3nc(-c4ccccc4)c4ccccc4n3)c1)c1c2c2ccccc2n1-c1ccccc1. The Balaban J connectivity index is 1.24. The van der Waals surface area contributed by atoms with Crippen LogP contribution in [0.1, 0.15) is 25.0 Å². The Hall–Kier alpha value is -7.30. The number of benzene rings is 8. The van der Waals surface area contributed by atoms with Gasteiger partial charge in [0.2, 0.25) is 0 Å². The number of hydrogen-bond donors (Lipinski definition) is 0. The van der Waals surface area contributed by atoms with E-state index in [-0.39, 0.29) is 5.41 Å². The first-order valence-corrected chi connectivity index (χ1v) is 19.7. The van der Waals surface area contributed by atoms with Gasteiger partial charge >= 0.3 is 0 Å². The van der Waals surface area contributed by atoms with E-state index in [1.165, 1.54) is 65.9 Å². The first kappa shape index (κ1) is 32.0. The molecule has 0 unspecified atom stereocenters. The molecule has 4 nitrogen and oxygen atoms in total. The lowest BCUT2D eigenvalue weighted by molar-refractivity contribution is 0.664. The zero-order valence-corrected chi connectivity index (χ0v) is 31.6. The number of aromatic nitrogens is 4. The van der Waals surface area contributed by atoms with Gasteiger partial charge in [-0.05, 0) is 64.7 Å². The van der Waals surface area contributed by atoms with E-state index < -0.39 is 0 Å². The summed E-state index contributed by atoms with van der Waals surface area (Å²) in [4.78, 5) is 10.5. The number of rotatable bonds is 4. The maximum Gasteiger partial charge on any atom is 0.160 e. The molecule has 268 valence electrons. The summed E-state index contributed by atoms with van der Waals surface area (Å²) in [6.45, 7) is 4.82. The Kier molecular flexibility index (Phi) is 6.65. The molecule has 8 aromatic carbocycles. The van der Waals surface area contributed by atoms with E-state index in [4.69, 9.17) is 9.97 Å². The molecule has 11 aromatic rings. The van der Waals surface area contributed by atoms with E-state index in [2.05, 4.69) is 199 Å². The van der Waals surface area contributed by atoms with Gasteiger partial charge in [0.15, 0.2) is 5.82 Å². The van der Waals surface area contributed by atoms with Crippen molar-refractivity contribution in [3.63, 3.8) is 0 Å². The summed E-state index contributed by atoms with van der Waals surface area (Å²) in [6, 6.07) is 65.4. The highest BCUT2D eigenvalue weighted by atomic mass is 15.0. The molecular weight excluding hydrogens is 693 g/mol. The highest BCUT2D eigenvalue weighted by molar-refractivity contribution is 6.32. The smallest absolute Gasteiger partial charge is 0.160 e. The Labute approximate surface area is 329 Å². The molecule has 3 heterocycles. The summed E-state index contributed by atoms with van der Waals surface area (Å²) in [6.07, 6.45) is 0. The van der Waals surface area contributed by atoms with Crippen molar-refractivity contribution in [1.82, 2.24) is 19.1 Å². The van der Waals surface area contributed by atoms with Crippen molar-refractivity contribution in [2.45, 2.75) is 19.3 Å². The molecule has 1 aliphatic rings. The van der Waals surface area contributed by atoms with Gasteiger partial charge in [0.05, 0.1) is 33.3 Å². The predicted molar refractivity (Wildman–Crippen MR) is 237 cm³/mol. The number of nitrogens with zero attached hydrogens (tertiary/aromatic N) is 4. The van der Waals surface area contributed by atoms with Gasteiger partial charge in [0, 0.05) is 54.8 Å². The summed E-state index contributed by atoms with van der Waals surface area (Å²) in [5, 5.41) is 6.11. The maximum absolute atomic E-state index is 5.28. The van der Waals surface area contributed by atoms with Crippen molar-refractivity contribution in [1.29, 1.82) is 0 Å². The van der Waals surface area contributed by atoms with Crippen LogP contribution in [-0.4, -0.2) is 19.1 Å². The van der Waals surface area contributed by atoms with Crippen LogP contribution in [0.25, 0.3) is 99.7 Å². The second-order valence-electron chi connectivity index (χ2n) is 15.7. The van der Waals surface area contributed by atoms with Crippen LogP contribution in [-0.2, 0) is 5.41 Å². The van der Waals surface area contributed by atoms with E-state index >= 15 is 0 Å². The topological polar surface area (TPSA) is 35.6 Å². The molecule has 0 radical (unpaired) electrons. The second kappa shape index (κ2) is 11.8. The molecule has 0 aliphatic heterocycles. The highest BCUT2D eigenvalue weighted by Gasteiger charge is 2.41. The van der Waals surface area contributed by atoms with Crippen LogP contribution in [0.5, 0.6) is 0 Å². The lowest BCUT2D eigenvalue weighted by atomic mass is 9.81. The minimum atomic E-state index is -0.274. The summed E-state index contributed by atoms with van der Waals surface area (Å²) < 4.78 is 5.02. The first-order chi connectivity index (χ1) is 28.1. The Morgan fingerprint density at radius 1 is 0.456 bits per heavy atom. The van der Waals surface area contributed by atoms with Crippen LogP contribution >= 0.6 is 0 Å². The molecule has 0 saturated carbocycles. The molecule has 4 heteroatoms. The van der Waals surface area contributed by atoms with Crippen molar-refractivity contribution in [2.75, 3.05) is 0 Å². The van der Waals surface area contributed by atoms with Crippen molar-refractivity contribution in [2.24, 2.45) is 0 Å². The Morgan fingerprint density at radius 2 is 1.04 bits per heavy atom. The van der Waals surface area contributed by atoms with E-state index in [1.54, 1.807) is 0 Å². The standard InChI is InChI=1S/C53H36N4/c1-53(2)41-28-13-9-24-37(41)45-46-39-26-11-15-30-43(39)56(35-21-7-4-8-22-35)50(46)47-40-27-12-16-31-44(40)57(51(47)48(45)53)36-23-17-20-34(32-36)52-54-42-29-14-10-25-38(42)49(55-52)33-18-5-3-6-19-33/h3-32H,1-2H3. The van der Waals surface area contributed by atoms with Crippen molar-refractivity contribution >= 4 is 54.5 Å². The predicted octanol–water partition coefficient (Wildman–Crippen LogP) is 13.5. The third-order valence-electron chi connectivity index (χ3n) is 12.2. The lowest BCUT2D eigenvalue weighted by Crippen LogP contribution is -2.16. The summed E-state index contributed by atoms with van der Waals surface area (Å²) in [5.41, 5.74) is 16.1. The molecule has 0 amide bonds. The fourth-order valence-electron chi connectivity index (χ4n) is 9.87. The fraction of sp³-hybridized carbons (Fsp3) is 0.0566. The normalized spacial score (nSPS) is 13.2. The average molecular weight is 729 g/mol. The molecule has 57 heavy (non-hydrogen) atoms. The van der Waals surface area contributed by atoms with E-state index in [0.717, 1.165) is 39.1 Å². The highest BCUT2D eigenvalue weighted by Crippen LogP contribution is 2.58. The van der Waals surface area contributed by atoms with E-state index in [1.807, 2.05) is 6.07 Å².